The van der Waals surface area contributed by atoms with E-state index in [-0.39, 0.29) is 37.9 Å². The molecule has 1 heterocycles. The first kappa shape index (κ1) is 82.8. The molecule has 0 amide bonds. The molecule has 0 spiro atoms. The Balaban J connectivity index is 0.523. The van der Waals surface area contributed by atoms with Crippen molar-refractivity contribution in [3.8, 4) is 122 Å². The molecule has 0 fully saturated rings. The lowest BCUT2D eigenvalue weighted by atomic mass is 9.81. The fraction of sp³-hybridized carbons (Fsp3) is 0.156. The molecule has 0 bridgehead atoms. The van der Waals surface area contributed by atoms with E-state index in [4.69, 9.17) is 4.42 Å². The Labute approximate surface area is 815 Å². The summed E-state index contributed by atoms with van der Waals surface area (Å²) in [6.45, 7) is 33.6. The Hall–Kier alpha value is -15.6. The van der Waals surface area contributed by atoms with Crippen LogP contribution in [0.15, 0.2) is 399 Å². The van der Waals surface area contributed by atoms with Crippen molar-refractivity contribution in [1.29, 1.82) is 0 Å². The molecule has 139 heavy (non-hydrogen) atoms. The zero-order valence-electron chi connectivity index (χ0n) is 81.3. The molecule has 4 nitrogen and oxygen atoms in total. The molecular formula is C135H107N3O. The van der Waals surface area contributed by atoms with Crippen LogP contribution in [0.3, 0.4) is 0 Å². The third kappa shape index (κ3) is 11.7. The van der Waals surface area contributed by atoms with Crippen molar-refractivity contribution in [1.82, 2.24) is 0 Å². The lowest BCUT2D eigenvalue weighted by molar-refractivity contribution is 0.659. The number of rotatable bonds is 13. The maximum Gasteiger partial charge on any atom is 0.143 e. The van der Waals surface area contributed by atoms with Crippen molar-refractivity contribution < 1.29 is 4.42 Å². The summed E-state index contributed by atoms with van der Waals surface area (Å²) in [7, 11) is 0. The Kier molecular flexibility index (Phi) is 17.4. The zero-order valence-corrected chi connectivity index (χ0v) is 81.3. The monoisotopic (exact) mass is 1790 g/mol. The highest BCUT2D eigenvalue weighted by Gasteiger charge is 2.47. The minimum Gasteiger partial charge on any atom is -0.455 e. The van der Waals surface area contributed by atoms with Gasteiger partial charge in [-0.05, 0) is 288 Å². The van der Waals surface area contributed by atoms with E-state index in [0.717, 1.165) is 83.9 Å². The number of nitrogens with zero attached hydrogens (tertiary/aromatic N) is 3. The normalized spacial score (nSPS) is 15.7. The van der Waals surface area contributed by atoms with Crippen LogP contribution in [0.2, 0.25) is 0 Å². The van der Waals surface area contributed by atoms with E-state index >= 15 is 0 Å². The fourth-order valence-electron chi connectivity index (χ4n) is 26.6. The first-order valence-electron chi connectivity index (χ1n) is 49.7. The van der Waals surface area contributed by atoms with Crippen LogP contribution < -0.4 is 14.7 Å². The molecule has 27 rings (SSSR count). The molecule has 0 radical (unpaired) electrons. The van der Waals surface area contributed by atoms with Crippen LogP contribution in [-0.2, 0) is 37.9 Å². The van der Waals surface area contributed by atoms with Gasteiger partial charge in [-0.15, -0.1) is 0 Å². The molecule has 20 aromatic rings. The van der Waals surface area contributed by atoms with Crippen LogP contribution in [0.1, 0.15) is 175 Å². The van der Waals surface area contributed by atoms with Gasteiger partial charge in [0.25, 0.3) is 0 Å². The molecule has 7 aliphatic carbocycles. The molecule has 0 N–H and O–H groups in total. The summed E-state index contributed by atoms with van der Waals surface area (Å²) in [6.07, 6.45) is 0. The van der Waals surface area contributed by atoms with Gasteiger partial charge in [-0.3, -0.25) is 0 Å². The summed E-state index contributed by atoms with van der Waals surface area (Å²) in [5.74, 6) is 0. The van der Waals surface area contributed by atoms with E-state index in [1.807, 2.05) is 0 Å². The number of benzene rings is 19. The maximum absolute atomic E-state index is 7.03. The first-order valence-corrected chi connectivity index (χ1v) is 49.7. The molecule has 19 aromatic carbocycles. The van der Waals surface area contributed by atoms with E-state index < -0.39 is 0 Å². The van der Waals surface area contributed by atoms with Crippen molar-refractivity contribution in [2.45, 2.75) is 135 Å². The van der Waals surface area contributed by atoms with Crippen molar-refractivity contribution in [2.24, 2.45) is 0 Å². The molecule has 7 aliphatic rings. The van der Waals surface area contributed by atoms with E-state index in [1.54, 1.807) is 0 Å². The molecule has 4 heteroatoms. The van der Waals surface area contributed by atoms with Gasteiger partial charge in [0, 0.05) is 105 Å². The largest absolute Gasteiger partial charge is 0.455 e. The van der Waals surface area contributed by atoms with Gasteiger partial charge in [-0.1, -0.05) is 376 Å². The second-order valence-corrected chi connectivity index (χ2v) is 43.8. The van der Waals surface area contributed by atoms with Crippen LogP contribution in [-0.4, -0.2) is 0 Å². The summed E-state index contributed by atoms with van der Waals surface area (Å²) in [4.78, 5) is 7.67. The number of hydrogen-bond donors (Lipinski definition) is 0. The lowest BCUT2D eigenvalue weighted by Crippen LogP contribution is -2.18. The maximum atomic E-state index is 7.03. The molecule has 668 valence electrons. The molecule has 0 saturated carbocycles. The minimum absolute atomic E-state index is 0.162. The summed E-state index contributed by atoms with van der Waals surface area (Å²) in [5, 5.41) is 2.20. The Bertz CT molecular complexity index is 8610. The smallest absolute Gasteiger partial charge is 0.143 e. The number of furan rings is 1. The highest BCUT2D eigenvalue weighted by atomic mass is 16.3. The first-order chi connectivity index (χ1) is 67.2. The van der Waals surface area contributed by atoms with E-state index in [1.165, 1.54) is 190 Å². The highest BCUT2D eigenvalue weighted by molar-refractivity contribution is 6.12. The zero-order chi connectivity index (χ0) is 94.2. The van der Waals surface area contributed by atoms with Gasteiger partial charge in [-0.2, -0.15) is 0 Å². The van der Waals surface area contributed by atoms with Crippen LogP contribution in [0.25, 0.3) is 144 Å². The van der Waals surface area contributed by atoms with E-state index in [2.05, 4.69) is 506 Å². The summed E-state index contributed by atoms with van der Waals surface area (Å²) >= 11 is 0. The summed E-state index contributed by atoms with van der Waals surface area (Å²) in [6, 6.07) is 151. The highest BCUT2D eigenvalue weighted by Crippen LogP contribution is 2.64. The Morgan fingerprint density at radius 1 is 0.158 bits per heavy atom. The van der Waals surface area contributed by atoms with Crippen molar-refractivity contribution in [2.75, 3.05) is 14.7 Å². The lowest BCUT2D eigenvalue weighted by Gasteiger charge is -2.32. The second-order valence-electron chi connectivity index (χ2n) is 43.8. The molecule has 1 aromatic heterocycles. The van der Waals surface area contributed by atoms with Crippen molar-refractivity contribution in [3.63, 3.8) is 0 Å². The van der Waals surface area contributed by atoms with Crippen molar-refractivity contribution >= 4 is 73.1 Å². The topological polar surface area (TPSA) is 22.9 Å². The predicted molar refractivity (Wildman–Crippen MR) is 582 cm³/mol. The van der Waals surface area contributed by atoms with Gasteiger partial charge < -0.3 is 19.1 Å². The van der Waals surface area contributed by atoms with E-state index in [0.29, 0.717) is 0 Å². The molecule has 0 saturated heterocycles. The van der Waals surface area contributed by atoms with Gasteiger partial charge in [0.2, 0.25) is 0 Å². The molecular weight excluding hydrogens is 1680 g/mol. The SMILES string of the molecule is CC1(C)c2ccccc2-c2ccc(N(c3ccc(-c4cc(-c5ccc6c(c5)-c5ccc(N(c7ccc(-c8ccc(-c9ccc%10c(c9)-c9ccc(N(c%11cccc%12c%11-c%11ccccc%11C%12(C)C)c%11cccc%12c%11-c%11ccccc%11C%12(C)C)cc9C%10(C)C)cc8)cc7)c7cccc8c7-c7ccccc7C8(C)C)cc5C6(C)C)cc5c4oc4ccccc45)cc3)c3cccc4c3-c3ccccc3C4(C)C)cc21. The van der Waals surface area contributed by atoms with Crippen LogP contribution in [0.5, 0.6) is 0 Å². The number of para-hydroxylation sites is 1. The average Bonchev–Trinajstić information content (AvgIpc) is 1.56. The minimum atomic E-state index is -0.334. The van der Waals surface area contributed by atoms with Gasteiger partial charge in [-0.25, -0.2) is 0 Å². The van der Waals surface area contributed by atoms with Gasteiger partial charge >= 0.3 is 0 Å². The number of fused-ring (bicyclic) bond motifs is 24. The summed E-state index contributed by atoms with van der Waals surface area (Å²) < 4.78 is 7.03. The van der Waals surface area contributed by atoms with Gasteiger partial charge in [0.1, 0.15) is 11.2 Å². The fourth-order valence-corrected chi connectivity index (χ4v) is 26.6. The number of anilines is 9. The van der Waals surface area contributed by atoms with Crippen LogP contribution in [0, 0.1) is 0 Å². The quantitative estimate of drug-likeness (QED) is 0.115. The molecule has 0 aliphatic heterocycles. The standard InChI is InChI=1S/C135H107N3O/c1-129(2)106-38-22-16-33-97(106)124-112(129)42-27-46-119(124)136(87-61-55-81(56-62-87)80-51-53-82(54-52-80)84-59-71-110-102(73-84)95-70-67-91(79-118(95)135(110,13)14)138(121-48-29-44-114-126(121)99-35-18-24-40-108(99)131(114,5)6)122-49-30-45-115-127(122)100-36-19-25-41-109(100)132(115,7)8)90-66-69-94-103-74-85(60-72-111(103)134(11,12)117(94)78-90)86-75-101(128-104(76-86)96-32-20-26-50-123(96)139-128)83-57-63-88(64-58-83)137(89-65-68-93-92-31-15-21-37-105(92)133(9,10)116(93)77-89)120-47-28-43-113-125(120)98-34-17-23-39-107(98)130(113,3)4/h15-79H,1-14H3. The third-order valence-corrected chi connectivity index (χ3v) is 33.9. The molecule has 0 atom stereocenters. The van der Waals surface area contributed by atoms with Gasteiger partial charge in [0.05, 0.1) is 22.7 Å². The van der Waals surface area contributed by atoms with Crippen LogP contribution in [0.4, 0.5) is 51.2 Å². The average molecular weight is 1790 g/mol. The Morgan fingerprint density at radius 3 is 0.827 bits per heavy atom. The number of hydrogen-bond acceptors (Lipinski definition) is 4. The van der Waals surface area contributed by atoms with Crippen molar-refractivity contribution in [3.05, 3.63) is 472 Å². The van der Waals surface area contributed by atoms with Gasteiger partial charge in [0.15, 0.2) is 0 Å². The third-order valence-electron chi connectivity index (χ3n) is 33.9. The second kappa shape index (κ2) is 29.2. The predicted octanol–water partition coefficient (Wildman–Crippen LogP) is 36.8. The van der Waals surface area contributed by atoms with E-state index in [9.17, 15) is 0 Å². The van der Waals surface area contributed by atoms with Crippen LogP contribution >= 0.6 is 0 Å². The Morgan fingerprint density at radius 2 is 0.424 bits per heavy atom. The molecule has 0 unspecified atom stereocenters. The summed E-state index contributed by atoms with van der Waals surface area (Å²) in [5.41, 5.74) is 56.7.